The minimum atomic E-state index is -0.379. The fraction of sp³-hybridized carbons (Fsp3) is 0.188. The standard InChI is InChI=1S/C16H17FN2O/c1-10-6-4-7-11(2)15(10)19-16(20)18-14-9-5-8-13(17)12(14)3/h4-9H,1-3H3,(H2,18,19,20). The molecule has 0 aliphatic heterocycles. The number of carbonyl (C=O) groups is 1. The molecule has 0 bridgehead atoms. The zero-order chi connectivity index (χ0) is 14.7. The predicted octanol–water partition coefficient (Wildman–Crippen LogP) is 4.39. The first-order valence-corrected chi connectivity index (χ1v) is 6.38. The van der Waals surface area contributed by atoms with Crippen LogP contribution < -0.4 is 10.6 Å². The normalized spacial score (nSPS) is 10.2. The van der Waals surface area contributed by atoms with Crippen LogP contribution in [-0.2, 0) is 0 Å². The molecular formula is C16H17FN2O. The van der Waals surface area contributed by atoms with Gasteiger partial charge in [0.05, 0.1) is 0 Å². The molecule has 0 saturated heterocycles. The second-order valence-corrected chi connectivity index (χ2v) is 4.76. The number of anilines is 2. The molecule has 20 heavy (non-hydrogen) atoms. The molecule has 0 radical (unpaired) electrons. The van der Waals surface area contributed by atoms with E-state index < -0.39 is 0 Å². The summed E-state index contributed by atoms with van der Waals surface area (Å²) in [7, 11) is 0. The molecule has 0 aliphatic rings. The summed E-state index contributed by atoms with van der Waals surface area (Å²) < 4.78 is 13.4. The van der Waals surface area contributed by atoms with E-state index in [1.807, 2.05) is 32.0 Å². The summed E-state index contributed by atoms with van der Waals surface area (Å²) in [5.41, 5.74) is 3.63. The number of hydrogen-bond donors (Lipinski definition) is 2. The number of carbonyl (C=O) groups excluding carboxylic acids is 1. The van der Waals surface area contributed by atoms with Gasteiger partial charge in [-0.05, 0) is 44.0 Å². The minimum absolute atomic E-state index is 0.338. The van der Waals surface area contributed by atoms with Crippen molar-refractivity contribution in [2.45, 2.75) is 20.8 Å². The average molecular weight is 272 g/mol. The molecule has 0 atom stereocenters. The van der Waals surface area contributed by atoms with Crippen LogP contribution in [0.3, 0.4) is 0 Å². The lowest BCUT2D eigenvalue weighted by molar-refractivity contribution is 0.262. The Morgan fingerprint density at radius 2 is 1.55 bits per heavy atom. The quantitative estimate of drug-likeness (QED) is 0.836. The van der Waals surface area contributed by atoms with Crippen LogP contribution in [0.25, 0.3) is 0 Å². The Hall–Kier alpha value is -2.36. The van der Waals surface area contributed by atoms with Crippen LogP contribution in [0, 0.1) is 26.6 Å². The van der Waals surface area contributed by atoms with Gasteiger partial charge < -0.3 is 10.6 Å². The van der Waals surface area contributed by atoms with Crippen molar-refractivity contribution in [3.63, 3.8) is 0 Å². The highest BCUT2D eigenvalue weighted by Gasteiger charge is 2.09. The van der Waals surface area contributed by atoms with E-state index >= 15 is 0 Å². The van der Waals surface area contributed by atoms with Crippen LogP contribution in [0.5, 0.6) is 0 Å². The van der Waals surface area contributed by atoms with Gasteiger partial charge in [-0.2, -0.15) is 0 Å². The molecule has 0 fully saturated rings. The molecule has 0 aliphatic carbocycles. The second kappa shape index (κ2) is 5.74. The van der Waals surface area contributed by atoms with E-state index in [-0.39, 0.29) is 11.8 Å². The Kier molecular flexibility index (Phi) is 4.03. The van der Waals surface area contributed by atoms with E-state index in [1.165, 1.54) is 6.07 Å². The molecule has 4 heteroatoms. The summed E-state index contributed by atoms with van der Waals surface area (Å²) >= 11 is 0. The summed E-state index contributed by atoms with van der Waals surface area (Å²) in [5.74, 6) is -0.338. The lowest BCUT2D eigenvalue weighted by Gasteiger charge is -2.13. The van der Waals surface area contributed by atoms with Gasteiger partial charge in [0.2, 0.25) is 0 Å². The molecule has 2 N–H and O–H groups in total. The third-order valence-electron chi connectivity index (χ3n) is 3.24. The summed E-state index contributed by atoms with van der Waals surface area (Å²) in [4.78, 5) is 12.0. The minimum Gasteiger partial charge on any atom is -0.307 e. The van der Waals surface area contributed by atoms with Crippen molar-refractivity contribution in [3.05, 3.63) is 58.9 Å². The highest BCUT2D eigenvalue weighted by molar-refractivity contribution is 6.01. The van der Waals surface area contributed by atoms with Crippen molar-refractivity contribution >= 4 is 17.4 Å². The number of halogens is 1. The van der Waals surface area contributed by atoms with Crippen molar-refractivity contribution in [1.29, 1.82) is 0 Å². The monoisotopic (exact) mass is 272 g/mol. The van der Waals surface area contributed by atoms with Gasteiger partial charge in [0.1, 0.15) is 5.82 Å². The predicted molar refractivity (Wildman–Crippen MR) is 79.7 cm³/mol. The second-order valence-electron chi connectivity index (χ2n) is 4.76. The summed E-state index contributed by atoms with van der Waals surface area (Å²) in [6.07, 6.45) is 0. The number of para-hydroxylation sites is 1. The Bertz CT molecular complexity index is 633. The first-order valence-electron chi connectivity index (χ1n) is 6.38. The van der Waals surface area contributed by atoms with Gasteiger partial charge in [0.15, 0.2) is 0 Å². The van der Waals surface area contributed by atoms with Crippen molar-refractivity contribution in [1.82, 2.24) is 0 Å². The fourth-order valence-electron chi connectivity index (χ4n) is 2.02. The number of aryl methyl sites for hydroxylation is 2. The van der Waals surface area contributed by atoms with Gasteiger partial charge in [-0.3, -0.25) is 0 Å². The molecule has 2 aromatic carbocycles. The number of urea groups is 1. The Labute approximate surface area is 117 Å². The van der Waals surface area contributed by atoms with Crippen LogP contribution in [0.15, 0.2) is 36.4 Å². The van der Waals surface area contributed by atoms with Gasteiger partial charge in [0.25, 0.3) is 0 Å². The molecule has 2 aromatic rings. The Morgan fingerprint density at radius 1 is 0.950 bits per heavy atom. The largest absolute Gasteiger partial charge is 0.323 e. The van der Waals surface area contributed by atoms with E-state index in [2.05, 4.69) is 10.6 Å². The Balaban J connectivity index is 2.16. The van der Waals surface area contributed by atoms with Gasteiger partial charge in [-0.25, -0.2) is 9.18 Å². The topological polar surface area (TPSA) is 41.1 Å². The SMILES string of the molecule is Cc1cccc(C)c1NC(=O)Nc1cccc(F)c1C. The number of amides is 2. The molecule has 0 aromatic heterocycles. The van der Waals surface area contributed by atoms with Crippen molar-refractivity contribution in [3.8, 4) is 0 Å². The molecule has 0 spiro atoms. The molecular weight excluding hydrogens is 255 g/mol. The summed E-state index contributed by atoms with van der Waals surface area (Å²) in [5, 5.41) is 5.47. The Morgan fingerprint density at radius 3 is 2.20 bits per heavy atom. The molecule has 0 unspecified atom stereocenters. The number of rotatable bonds is 2. The van der Waals surface area contributed by atoms with Crippen molar-refractivity contribution in [2.24, 2.45) is 0 Å². The van der Waals surface area contributed by atoms with Crippen LogP contribution in [0.4, 0.5) is 20.6 Å². The van der Waals surface area contributed by atoms with E-state index in [4.69, 9.17) is 0 Å². The van der Waals surface area contributed by atoms with Gasteiger partial charge in [-0.15, -0.1) is 0 Å². The molecule has 104 valence electrons. The van der Waals surface area contributed by atoms with E-state index in [9.17, 15) is 9.18 Å². The molecule has 3 nitrogen and oxygen atoms in total. The van der Waals surface area contributed by atoms with Crippen LogP contribution >= 0.6 is 0 Å². The third-order valence-corrected chi connectivity index (χ3v) is 3.24. The van der Waals surface area contributed by atoms with Crippen LogP contribution in [0.2, 0.25) is 0 Å². The van der Waals surface area contributed by atoms with E-state index in [0.717, 1.165) is 16.8 Å². The maximum Gasteiger partial charge on any atom is 0.323 e. The van der Waals surface area contributed by atoms with Gasteiger partial charge in [-0.1, -0.05) is 24.3 Å². The molecule has 0 heterocycles. The number of hydrogen-bond acceptors (Lipinski definition) is 1. The maximum absolute atomic E-state index is 13.4. The summed E-state index contributed by atoms with van der Waals surface area (Å²) in [6.45, 7) is 5.48. The van der Waals surface area contributed by atoms with Crippen LogP contribution in [-0.4, -0.2) is 6.03 Å². The zero-order valence-electron chi connectivity index (χ0n) is 11.8. The molecule has 2 amide bonds. The smallest absolute Gasteiger partial charge is 0.307 e. The van der Waals surface area contributed by atoms with Crippen LogP contribution in [0.1, 0.15) is 16.7 Å². The fourth-order valence-corrected chi connectivity index (χ4v) is 2.02. The van der Waals surface area contributed by atoms with Crippen molar-refractivity contribution in [2.75, 3.05) is 10.6 Å². The van der Waals surface area contributed by atoms with E-state index in [1.54, 1.807) is 19.1 Å². The lowest BCUT2D eigenvalue weighted by Crippen LogP contribution is -2.21. The first kappa shape index (κ1) is 14.1. The molecule has 0 saturated carbocycles. The average Bonchev–Trinajstić information content (AvgIpc) is 2.39. The van der Waals surface area contributed by atoms with Crippen molar-refractivity contribution < 1.29 is 9.18 Å². The number of benzene rings is 2. The highest BCUT2D eigenvalue weighted by Crippen LogP contribution is 2.21. The summed E-state index contributed by atoms with van der Waals surface area (Å²) in [6, 6.07) is 10.0. The first-order chi connectivity index (χ1) is 9.49. The maximum atomic E-state index is 13.4. The third kappa shape index (κ3) is 2.96. The lowest BCUT2D eigenvalue weighted by atomic mass is 10.1. The highest BCUT2D eigenvalue weighted by atomic mass is 19.1. The molecule has 2 rings (SSSR count). The van der Waals surface area contributed by atoms with E-state index in [0.29, 0.717) is 11.3 Å². The van der Waals surface area contributed by atoms with Gasteiger partial charge in [0, 0.05) is 16.9 Å². The van der Waals surface area contributed by atoms with Gasteiger partial charge >= 0.3 is 6.03 Å². The number of nitrogens with one attached hydrogen (secondary N) is 2. The zero-order valence-corrected chi connectivity index (χ0v) is 11.8.